The molecule has 2 aromatic carbocycles. The van der Waals surface area contributed by atoms with E-state index in [1.54, 1.807) is 6.07 Å². The second kappa shape index (κ2) is 8.05. The first-order chi connectivity index (χ1) is 13.3. The fourth-order valence-corrected chi connectivity index (χ4v) is 3.05. The molecule has 0 aliphatic carbocycles. The van der Waals surface area contributed by atoms with Crippen molar-refractivity contribution in [2.45, 2.75) is 4.90 Å². The molecule has 0 aliphatic heterocycles. The number of sulfone groups is 1. The van der Waals surface area contributed by atoms with Crippen LogP contribution >= 0.6 is 0 Å². The number of amides is 2. The molecule has 3 aromatic rings. The fraction of sp³-hybridized carbons (Fsp3) is 0.105. The Kier molecular flexibility index (Phi) is 5.55. The minimum Gasteiger partial charge on any atom is -0.355 e. The van der Waals surface area contributed by atoms with Crippen molar-refractivity contribution >= 4 is 27.3 Å². The van der Waals surface area contributed by atoms with E-state index in [-0.39, 0.29) is 17.1 Å². The van der Waals surface area contributed by atoms with Gasteiger partial charge in [-0.15, -0.1) is 0 Å². The number of carbonyl (C=O) groups excluding carboxylic acids is 2. The van der Waals surface area contributed by atoms with Crippen LogP contribution in [0.1, 0.15) is 10.5 Å². The Balaban J connectivity index is 1.58. The van der Waals surface area contributed by atoms with E-state index in [4.69, 9.17) is 4.52 Å². The Hall–Kier alpha value is -3.46. The molecular weight excluding hydrogens is 382 g/mol. The molecular formula is C19H17N3O5S. The molecule has 0 fully saturated rings. The van der Waals surface area contributed by atoms with E-state index in [1.165, 1.54) is 24.3 Å². The lowest BCUT2D eigenvalue weighted by Gasteiger charge is -2.07. The highest BCUT2D eigenvalue weighted by atomic mass is 32.2. The summed E-state index contributed by atoms with van der Waals surface area (Å²) in [5.41, 5.74) is 1.14. The van der Waals surface area contributed by atoms with Crippen LogP contribution in [0.2, 0.25) is 0 Å². The number of hydrogen-bond acceptors (Lipinski definition) is 6. The van der Waals surface area contributed by atoms with Gasteiger partial charge >= 0.3 is 0 Å². The van der Waals surface area contributed by atoms with Crippen LogP contribution in [0.25, 0.3) is 11.3 Å². The van der Waals surface area contributed by atoms with E-state index < -0.39 is 21.7 Å². The summed E-state index contributed by atoms with van der Waals surface area (Å²) < 4.78 is 28.3. The first-order valence-corrected chi connectivity index (χ1v) is 10.1. The first kappa shape index (κ1) is 19.3. The Labute approximate surface area is 161 Å². The zero-order valence-corrected chi connectivity index (χ0v) is 15.7. The molecule has 0 unspecified atom stereocenters. The third kappa shape index (κ3) is 4.83. The third-order valence-corrected chi connectivity index (χ3v) is 4.87. The van der Waals surface area contributed by atoms with Crippen LogP contribution in [0.4, 0.5) is 5.69 Å². The first-order valence-electron chi connectivity index (χ1n) is 8.23. The molecule has 0 saturated heterocycles. The summed E-state index contributed by atoms with van der Waals surface area (Å²) >= 11 is 0. The van der Waals surface area contributed by atoms with Crippen LogP contribution in [0.15, 0.2) is 70.1 Å². The van der Waals surface area contributed by atoms with Crippen molar-refractivity contribution in [1.29, 1.82) is 0 Å². The maximum absolute atomic E-state index is 12.1. The Morgan fingerprint density at radius 2 is 1.79 bits per heavy atom. The Morgan fingerprint density at radius 1 is 1.04 bits per heavy atom. The van der Waals surface area contributed by atoms with Crippen molar-refractivity contribution in [1.82, 2.24) is 10.5 Å². The minimum atomic E-state index is -3.38. The molecule has 144 valence electrons. The van der Waals surface area contributed by atoms with Gasteiger partial charge in [0.05, 0.1) is 11.4 Å². The quantitative estimate of drug-likeness (QED) is 0.655. The van der Waals surface area contributed by atoms with E-state index in [0.717, 1.165) is 11.8 Å². The molecule has 8 nitrogen and oxygen atoms in total. The van der Waals surface area contributed by atoms with Crippen LogP contribution in [0.3, 0.4) is 0 Å². The van der Waals surface area contributed by atoms with Gasteiger partial charge < -0.3 is 15.2 Å². The summed E-state index contributed by atoms with van der Waals surface area (Å²) in [6.45, 7) is -0.310. The summed E-state index contributed by atoms with van der Waals surface area (Å²) in [6, 6.07) is 16.5. The van der Waals surface area contributed by atoms with Crippen LogP contribution in [-0.2, 0) is 14.6 Å². The maximum Gasteiger partial charge on any atom is 0.273 e. The van der Waals surface area contributed by atoms with Gasteiger partial charge in [0.15, 0.2) is 21.3 Å². The average molecular weight is 399 g/mol. The normalized spacial score (nSPS) is 11.0. The van der Waals surface area contributed by atoms with Gasteiger partial charge in [-0.1, -0.05) is 41.6 Å². The standard InChI is InChI=1S/C19H17N3O5S/c1-28(25,26)15-9-5-8-14(10-15)21-18(23)12-20-19(24)16-11-17(27-22-16)13-6-3-2-4-7-13/h2-11H,12H2,1H3,(H,20,24)(H,21,23). The van der Waals surface area contributed by atoms with Crippen LogP contribution in [-0.4, -0.2) is 38.2 Å². The molecule has 0 bridgehead atoms. The van der Waals surface area contributed by atoms with Crippen molar-refractivity contribution in [3.05, 3.63) is 66.4 Å². The van der Waals surface area contributed by atoms with E-state index in [9.17, 15) is 18.0 Å². The summed E-state index contributed by atoms with van der Waals surface area (Å²) in [5.74, 6) is -0.635. The molecule has 0 atom stereocenters. The second-order valence-electron chi connectivity index (χ2n) is 5.97. The number of benzene rings is 2. The van der Waals surface area contributed by atoms with E-state index in [2.05, 4.69) is 15.8 Å². The number of aromatic nitrogens is 1. The lowest BCUT2D eigenvalue weighted by atomic mass is 10.1. The lowest BCUT2D eigenvalue weighted by molar-refractivity contribution is -0.115. The van der Waals surface area contributed by atoms with Gasteiger partial charge in [0.1, 0.15) is 0 Å². The van der Waals surface area contributed by atoms with Crippen LogP contribution in [0, 0.1) is 0 Å². The number of hydrogen-bond donors (Lipinski definition) is 2. The second-order valence-corrected chi connectivity index (χ2v) is 7.99. The van der Waals surface area contributed by atoms with E-state index >= 15 is 0 Å². The maximum atomic E-state index is 12.1. The van der Waals surface area contributed by atoms with Crippen molar-refractivity contribution in [2.24, 2.45) is 0 Å². The third-order valence-electron chi connectivity index (χ3n) is 3.76. The summed E-state index contributed by atoms with van der Waals surface area (Å²) in [5, 5.41) is 8.67. The SMILES string of the molecule is CS(=O)(=O)c1cccc(NC(=O)CNC(=O)c2cc(-c3ccccc3)on2)c1. The monoisotopic (exact) mass is 399 g/mol. The summed E-state index contributed by atoms with van der Waals surface area (Å²) in [6.07, 6.45) is 1.08. The molecule has 9 heteroatoms. The molecule has 0 radical (unpaired) electrons. The molecule has 0 saturated carbocycles. The topological polar surface area (TPSA) is 118 Å². The minimum absolute atomic E-state index is 0.0470. The average Bonchev–Trinajstić information content (AvgIpc) is 3.17. The smallest absolute Gasteiger partial charge is 0.273 e. The van der Waals surface area contributed by atoms with Crippen molar-refractivity contribution in [3.63, 3.8) is 0 Å². The van der Waals surface area contributed by atoms with Crippen LogP contribution in [0.5, 0.6) is 0 Å². The molecule has 2 N–H and O–H groups in total. The van der Waals surface area contributed by atoms with Gasteiger partial charge in [-0.05, 0) is 18.2 Å². The highest BCUT2D eigenvalue weighted by Gasteiger charge is 2.15. The molecule has 3 rings (SSSR count). The van der Waals surface area contributed by atoms with Gasteiger partial charge in [0, 0.05) is 23.6 Å². The lowest BCUT2D eigenvalue weighted by Crippen LogP contribution is -2.33. The van der Waals surface area contributed by atoms with Gasteiger partial charge in [-0.25, -0.2) is 8.42 Å². The number of rotatable bonds is 6. The predicted octanol–water partition coefficient (Wildman–Crippen LogP) is 2.11. The molecule has 1 aromatic heterocycles. The van der Waals surface area contributed by atoms with E-state index in [0.29, 0.717) is 11.4 Å². The molecule has 1 heterocycles. The van der Waals surface area contributed by atoms with Crippen molar-refractivity contribution in [3.8, 4) is 11.3 Å². The molecule has 2 amide bonds. The summed E-state index contributed by atoms with van der Waals surface area (Å²) in [7, 11) is -3.38. The Bertz CT molecular complexity index is 1110. The van der Waals surface area contributed by atoms with Crippen molar-refractivity contribution in [2.75, 3.05) is 18.1 Å². The van der Waals surface area contributed by atoms with Gasteiger partial charge in [-0.2, -0.15) is 0 Å². The number of nitrogens with zero attached hydrogens (tertiary/aromatic N) is 1. The predicted molar refractivity (Wildman–Crippen MR) is 102 cm³/mol. The van der Waals surface area contributed by atoms with E-state index in [1.807, 2.05) is 30.3 Å². The number of nitrogens with one attached hydrogen (secondary N) is 2. The summed E-state index contributed by atoms with van der Waals surface area (Å²) in [4.78, 5) is 24.2. The zero-order chi connectivity index (χ0) is 20.1. The Morgan fingerprint density at radius 3 is 2.50 bits per heavy atom. The fourth-order valence-electron chi connectivity index (χ4n) is 2.38. The van der Waals surface area contributed by atoms with Gasteiger partial charge in [-0.3, -0.25) is 9.59 Å². The molecule has 28 heavy (non-hydrogen) atoms. The highest BCUT2D eigenvalue weighted by Crippen LogP contribution is 2.19. The number of anilines is 1. The molecule has 0 spiro atoms. The van der Waals surface area contributed by atoms with Crippen molar-refractivity contribution < 1.29 is 22.5 Å². The molecule has 0 aliphatic rings. The van der Waals surface area contributed by atoms with Gasteiger partial charge in [0.2, 0.25) is 5.91 Å². The largest absolute Gasteiger partial charge is 0.355 e. The highest BCUT2D eigenvalue weighted by molar-refractivity contribution is 7.90. The van der Waals surface area contributed by atoms with Crippen LogP contribution < -0.4 is 10.6 Å². The number of carbonyl (C=O) groups is 2. The van der Waals surface area contributed by atoms with Gasteiger partial charge in [0.25, 0.3) is 5.91 Å². The zero-order valence-electron chi connectivity index (χ0n) is 14.9.